The summed E-state index contributed by atoms with van der Waals surface area (Å²) in [7, 11) is -4.22. The number of hydrogen-bond donors (Lipinski definition) is 3. The molecule has 0 saturated heterocycles. The third kappa shape index (κ3) is 9.07. The van der Waals surface area contributed by atoms with Crippen molar-refractivity contribution in [1.29, 1.82) is 0 Å². The highest BCUT2D eigenvalue weighted by Crippen LogP contribution is 2.34. The molecule has 1 atom stereocenters. The van der Waals surface area contributed by atoms with Crippen molar-refractivity contribution in [2.45, 2.75) is 55.4 Å². The molecule has 3 aromatic rings. The summed E-state index contributed by atoms with van der Waals surface area (Å²) < 4.78 is 74.0. The summed E-state index contributed by atoms with van der Waals surface area (Å²) in [5.74, 6) is -2.21. The molecule has 1 aliphatic carbocycles. The third-order valence-corrected chi connectivity index (χ3v) is 8.46. The van der Waals surface area contributed by atoms with E-state index in [-0.39, 0.29) is 22.0 Å². The Labute approximate surface area is 251 Å². The van der Waals surface area contributed by atoms with E-state index < -0.39 is 46.5 Å². The van der Waals surface area contributed by atoms with Gasteiger partial charge in [0.05, 0.1) is 16.8 Å². The van der Waals surface area contributed by atoms with Gasteiger partial charge >= 0.3 is 12.3 Å². The zero-order valence-corrected chi connectivity index (χ0v) is 24.1. The van der Waals surface area contributed by atoms with Gasteiger partial charge in [-0.2, -0.15) is 0 Å². The second-order valence-corrected chi connectivity index (χ2v) is 12.0. The number of hydrogen-bond acceptors (Lipinski definition) is 7. The Morgan fingerprint density at radius 3 is 2.02 bits per heavy atom. The van der Waals surface area contributed by atoms with E-state index in [2.05, 4.69) is 10.1 Å². The summed E-state index contributed by atoms with van der Waals surface area (Å²) in [5.41, 5.74) is 1.68. The fraction of sp³-hybridized carbons (Fsp3) is 0.290. The summed E-state index contributed by atoms with van der Waals surface area (Å²) in [6, 6.07) is 16.6. The molecule has 0 bridgehead atoms. The Morgan fingerprint density at radius 1 is 0.886 bits per heavy atom. The Hall–Kier alpha value is -4.36. The topological polar surface area (TPSA) is 139 Å². The van der Waals surface area contributed by atoms with Gasteiger partial charge in [-0.05, 0) is 72.9 Å². The molecule has 0 unspecified atom stereocenters. The number of alkyl halides is 3. The first-order valence-electron chi connectivity index (χ1n) is 13.7. The Morgan fingerprint density at radius 2 is 1.45 bits per heavy atom. The number of carboxylic acid groups (broad SMARTS) is 1. The van der Waals surface area contributed by atoms with E-state index in [0.717, 1.165) is 60.9 Å². The van der Waals surface area contributed by atoms with Crippen LogP contribution in [0, 0.1) is 0 Å². The first-order valence-corrected chi connectivity index (χ1v) is 15.3. The number of aliphatic carboxylic acids is 1. The quantitative estimate of drug-likeness (QED) is 0.230. The molecule has 0 aromatic heterocycles. The third-order valence-electron chi connectivity index (χ3n) is 7.01. The predicted molar refractivity (Wildman–Crippen MR) is 154 cm³/mol. The van der Waals surface area contributed by atoms with Gasteiger partial charge in [-0.1, -0.05) is 43.5 Å². The lowest BCUT2D eigenvalue weighted by Gasteiger charge is -2.22. The van der Waals surface area contributed by atoms with Crippen molar-refractivity contribution in [1.82, 2.24) is 5.32 Å². The molecule has 44 heavy (non-hydrogen) atoms. The highest BCUT2D eigenvalue weighted by atomic mass is 32.2. The average Bonchev–Trinajstić information content (AvgIpc) is 2.99. The lowest BCUT2D eigenvalue weighted by Crippen LogP contribution is -2.36. The van der Waals surface area contributed by atoms with Gasteiger partial charge in [0.15, 0.2) is 6.10 Å². The fourth-order valence-corrected chi connectivity index (χ4v) is 5.84. The molecule has 9 nitrogen and oxygen atoms in total. The van der Waals surface area contributed by atoms with Crippen molar-refractivity contribution in [3.05, 3.63) is 94.9 Å². The molecule has 3 aromatic carbocycles. The zero-order valence-electron chi connectivity index (χ0n) is 23.3. The maximum absolute atomic E-state index is 13.3. The number of amides is 1. The van der Waals surface area contributed by atoms with Gasteiger partial charge in [0.1, 0.15) is 17.3 Å². The van der Waals surface area contributed by atoms with Gasteiger partial charge in [0.2, 0.25) is 9.84 Å². The molecule has 0 radical (unpaired) electrons. The lowest BCUT2D eigenvalue weighted by molar-refractivity contribution is -0.274. The van der Waals surface area contributed by atoms with Crippen LogP contribution in [-0.2, 0) is 14.6 Å². The van der Waals surface area contributed by atoms with E-state index in [1.54, 1.807) is 12.1 Å². The van der Waals surface area contributed by atoms with E-state index in [9.17, 15) is 36.3 Å². The highest BCUT2D eigenvalue weighted by Gasteiger charge is 2.31. The van der Waals surface area contributed by atoms with Gasteiger partial charge in [-0.25, -0.2) is 13.2 Å². The van der Waals surface area contributed by atoms with Crippen molar-refractivity contribution < 1.29 is 50.9 Å². The SMILES string of the molecule is O=C(NC[C@@H](O)C(=O)O)c1ccc(OC(=CS(=O)(=O)c2ccc(OC(F)(F)F)cc2)c2ccc(C3CCCCC3)cc2)cc1. The first kappa shape index (κ1) is 32.6. The molecule has 3 N–H and O–H groups in total. The monoisotopic (exact) mass is 633 g/mol. The van der Waals surface area contributed by atoms with E-state index in [1.807, 2.05) is 12.1 Å². The van der Waals surface area contributed by atoms with Crippen LogP contribution in [0.2, 0.25) is 0 Å². The number of aliphatic hydroxyl groups excluding tert-OH is 1. The fourth-order valence-electron chi connectivity index (χ4n) is 4.73. The molecule has 234 valence electrons. The number of halogens is 3. The van der Waals surface area contributed by atoms with E-state index >= 15 is 0 Å². The lowest BCUT2D eigenvalue weighted by atomic mass is 9.84. The van der Waals surface area contributed by atoms with Gasteiger partial charge in [-0.3, -0.25) is 4.79 Å². The normalized spacial score (nSPS) is 15.3. The standard InChI is InChI=1S/C31H30F3NO8S/c32-31(33,34)43-25-14-16-26(17-15-25)44(40,41)19-28(22-8-6-21(7-9-22)20-4-2-1-3-5-20)42-24-12-10-23(11-13-24)29(37)35-18-27(36)30(38)39/h6-17,19-20,27,36H,1-5,18H2,(H,35,37)(H,38,39)/t27-/m1/s1. The number of carbonyl (C=O) groups excluding carboxylic acids is 1. The zero-order chi connectivity index (χ0) is 31.9. The van der Waals surface area contributed by atoms with Crippen LogP contribution in [-0.4, -0.2) is 49.5 Å². The van der Waals surface area contributed by atoms with Gasteiger partial charge in [-0.15, -0.1) is 13.2 Å². The maximum Gasteiger partial charge on any atom is 0.573 e. The van der Waals surface area contributed by atoms with Gasteiger partial charge in [0, 0.05) is 11.1 Å². The molecule has 1 fully saturated rings. The van der Waals surface area contributed by atoms with Crippen molar-refractivity contribution in [3.63, 3.8) is 0 Å². The van der Waals surface area contributed by atoms with Crippen LogP contribution in [0.1, 0.15) is 59.5 Å². The molecule has 0 heterocycles. The molecular weight excluding hydrogens is 603 g/mol. The Balaban J connectivity index is 1.60. The molecule has 13 heteroatoms. The number of aliphatic hydroxyl groups is 1. The Kier molecular flexibility index (Phi) is 10.3. The van der Waals surface area contributed by atoms with Crippen molar-refractivity contribution in [2.75, 3.05) is 6.54 Å². The van der Waals surface area contributed by atoms with E-state index in [1.165, 1.54) is 30.7 Å². The number of rotatable bonds is 11. The summed E-state index contributed by atoms with van der Waals surface area (Å²) in [6.45, 7) is -0.503. The summed E-state index contributed by atoms with van der Waals surface area (Å²) in [6.07, 6.45) is -1.09. The van der Waals surface area contributed by atoms with Crippen LogP contribution >= 0.6 is 0 Å². The van der Waals surface area contributed by atoms with Crippen LogP contribution in [0.3, 0.4) is 0 Å². The second kappa shape index (κ2) is 14.0. The average molecular weight is 634 g/mol. The number of ether oxygens (including phenoxy) is 2. The van der Waals surface area contributed by atoms with Crippen LogP contribution < -0.4 is 14.8 Å². The number of nitrogens with one attached hydrogen (secondary N) is 1. The highest BCUT2D eigenvalue weighted by molar-refractivity contribution is 7.94. The number of sulfone groups is 1. The minimum absolute atomic E-state index is 0.0717. The Bertz CT molecular complexity index is 1580. The minimum atomic E-state index is -4.93. The van der Waals surface area contributed by atoms with Gasteiger partial charge in [0.25, 0.3) is 5.91 Å². The summed E-state index contributed by atoms with van der Waals surface area (Å²) >= 11 is 0. The maximum atomic E-state index is 13.3. The number of carbonyl (C=O) groups is 2. The molecular formula is C31H30F3NO8S. The minimum Gasteiger partial charge on any atom is -0.479 e. The molecule has 0 spiro atoms. The largest absolute Gasteiger partial charge is 0.573 e. The summed E-state index contributed by atoms with van der Waals surface area (Å²) in [4.78, 5) is 22.8. The van der Waals surface area contributed by atoms with Crippen LogP contribution in [0.25, 0.3) is 5.76 Å². The summed E-state index contributed by atoms with van der Waals surface area (Å²) in [5, 5.41) is 21.3. The first-order chi connectivity index (χ1) is 20.8. The van der Waals surface area contributed by atoms with Crippen molar-refractivity contribution in [3.8, 4) is 11.5 Å². The van der Waals surface area contributed by atoms with E-state index in [4.69, 9.17) is 9.84 Å². The molecule has 1 saturated carbocycles. The molecule has 1 aliphatic rings. The number of carboxylic acids is 1. The van der Waals surface area contributed by atoms with Crippen molar-refractivity contribution >= 4 is 27.5 Å². The smallest absolute Gasteiger partial charge is 0.479 e. The number of benzene rings is 3. The van der Waals surface area contributed by atoms with Crippen molar-refractivity contribution in [2.24, 2.45) is 0 Å². The van der Waals surface area contributed by atoms with E-state index in [0.29, 0.717) is 11.5 Å². The van der Waals surface area contributed by atoms with Crippen LogP contribution in [0.15, 0.2) is 83.1 Å². The predicted octanol–water partition coefficient (Wildman–Crippen LogP) is 5.66. The molecule has 0 aliphatic heterocycles. The second-order valence-electron chi connectivity index (χ2n) is 10.2. The van der Waals surface area contributed by atoms with Crippen LogP contribution in [0.4, 0.5) is 13.2 Å². The molecule has 4 rings (SSSR count). The molecule has 1 amide bonds. The van der Waals surface area contributed by atoms with Gasteiger partial charge < -0.3 is 25.0 Å². The van der Waals surface area contributed by atoms with Crippen LogP contribution in [0.5, 0.6) is 11.5 Å².